The van der Waals surface area contributed by atoms with Gasteiger partial charge >= 0.3 is 0 Å². The van der Waals surface area contributed by atoms with E-state index in [1.165, 1.54) is 11.0 Å². The van der Waals surface area contributed by atoms with Crippen LogP contribution in [0.5, 0.6) is 0 Å². The van der Waals surface area contributed by atoms with Crippen molar-refractivity contribution >= 4 is 17.7 Å². The Labute approximate surface area is 125 Å². The van der Waals surface area contributed by atoms with Crippen LogP contribution in [0.15, 0.2) is 12.7 Å². The summed E-state index contributed by atoms with van der Waals surface area (Å²) < 4.78 is 0. The van der Waals surface area contributed by atoms with Gasteiger partial charge in [0.05, 0.1) is 6.54 Å². The summed E-state index contributed by atoms with van der Waals surface area (Å²) in [6.07, 6.45) is 3.61. The van der Waals surface area contributed by atoms with Crippen molar-refractivity contribution in [3.63, 3.8) is 0 Å². The van der Waals surface area contributed by atoms with E-state index in [1.807, 2.05) is 6.92 Å². The van der Waals surface area contributed by atoms with E-state index in [-0.39, 0.29) is 29.7 Å². The highest BCUT2D eigenvalue weighted by Crippen LogP contribution is 2.35. The molecule has 21 heavy (non-hydrogen) atoms. The second-order valence-electron chi connectivity index (χ2n) is 5.93. The average Bonchev–Trinajstić information content (AvgIpc) is 2.84. The molecular weight excluding hydrogens is 270 g/mol. The largest absolute Gasteiger partial charge is 0.355 e. The van der Waals surface area contributed by atoms with Gasteiger partial charge in [0.15, 0.2) is 0 Å². The number of nitrogens with one attached hydrogen (secondary N) is 1. The normalized spacial score (nSPS) is 24.8. The van der Waals surface area contributed by atoms with Gasteiger partial charge in [0, 0.05) is 38.0 Å². The second-order valence-corrected chi connectivity index (χ2v) is 5.93. The molecule has 2 fully saturated rings. The van der Waals surface area contributed by atoms with Crippen LogP contribution in [0.2, 0.25) is 0 Å². The van der Waals surface area contributed by atoms with E-state index in [2.05, 4.69) is 11.9 Å². The Hall–Kier alpha value is -1.85. The van der Waals surface area contributed by atoms with E-state index in [9.17, 15) is 14.4 Å². The van der Waals surface area contributed by atoms with Crippen molar-refractivity contribution in [3.05, 3.63) is 12.7 Å². The summed E-state index contributed by atoms with van der Waals surface area (Å²) >= 11 is 0. The van der Waals surface area contributed by atoms with Gasteiger partial charge in [-0.2, -0.15) is 0 Å². The first-order valence-electron chi connectivity index (χ1n) is 7.45. The number of carbonyl (C=O) groups excluding carboxylic acids is 3. The molecular formula is C15H23N3O3. The number of likely N-dealkylation sites (tertiary alicyclic amines) is 1. The minimum absolute atomic E-state index is 0.0505. The Morgan fingerprint density at radius 3 is 2.86 bits per heavy atom. The molecule has 1 atom stereocenters. The van der Waals surface area contributed by atoms with Gasteiger partial charge in [-0.1, -0.05) is 6.58 Å². The summed E-state index contributed by atoms with van der Waals surface area (Å²) in [7, 11) is 0. The van der Waals surface area contributed by atoms with Crippen LogP contribution in [-0.4, -0.2) is 60.2 Å². The van der Waals surface area contributed by atoms with E-state index >= 15 is 0 Å². The molecule has 2 rings (SSSR count). The van der Waals surface area contributed by atoms with Gasteiger partial charge < -0.3 is 15.1 Å². The lowest BCUT2D eigenvalue weighted by Crippen LogP contribution is -2.50. The molecule has 0 aromatic carbocycles. The Morgan fingerprint density at radius 2 is 2.29 bits per heavy atom. The van der Waals surface area contributed by atoms with Gasteiger partial charge in [-0.05, 0) is 25.8 Å². The number of rotatable bonds is 4. The minimum atomic E-state index is -0.227. The molecule has 0 bridgehead atoms. The van der Waals surface area contributed by atoms with E-state index < -0.39 is 0 Å². The first kappa shape index (κ1) is 15.5. The molecule has 0 radical (unpaired) electrons. The zero-order chi connectivity index (χ0) is 15.5. The summed E-state index contributed by atoms with van der Waals surface area (Å²) in [6, 6.07) is 0. The van der Waals surface area contributed by atoms with Crippen LogP contribution in [-0.2, 0) is 14.4 Å². The first-order chi connectivity index (χ1) is 9.99. The molecule has 2 aliphatic heterocycles. The molecule has 3 amide bonds. The third kappa shape index (κ3) is 3.43. The molecule has 6 nitrogen and oxygen atoms in total. The average molecular weight is 293 g/mol. The number of likely N-dealkylation sites (N-methyl/N-ethyl adjacent to an activating group) is 1. The van der Waals surface area contributed by atoms with Crippen LogP contribution < -0.4 is 5.32 Å². The number of amides is 3. The lowest BCUT2D eigenvalue weighted by atomic mass is 9.79. The smallest absolute Gasteiger partial charge is 0.246 e. The molecule has 1 spiro atoms. The third-order valence-electron chi connectivity index (χ3n) is 4.40. The zero-order valence-electron chi connectivity index (χ0n) is 12.6. The molecule has 2 saturated heterocycles. The molecule has 116 valence electrons. The first-order valence-corrected chi connectivity index (χ1v) is 7.45. The summed E-state index contributed by atoms with van der Waals surface area (Å²) in [4.78, 5) is 38.8. The summed E-state index contributed by atoms with van der Waals surface area (Å²) in [5.41, 5.74) is -0.107. The number of piperidine rings is 1. The van der Waals surface area contributed by atoms with Crippen LogP contribution in [0, 0.1) is 5.41 Å². The van der Waals surface area contributed by atoms with Crippen LogP contribution in [0.25, 0.3) is 0 Å². The highest BCUT2D eigenvalue weighted by molar-refractivity contribution is 5.91. The minimum Gasteiger partial charge on any atom is -0.355 e. The predicted octanol–water partition coefficient (Wildman–Crippen LogP) is 0.150. The third-order valence-corrected chi connectivity index (χ3v) is 4.40. The van der Waals surface area contributed by atoms with Crippen molar-refractivity contribution < 1.29 is 14.4 Å². The van der Waals surface area contributed by atoms with Gasteiger partial charge in [-0.25, -0.2) is 0 Å². The topological polar surface area (TPSA) is 69.7 Å². The summed E-state index contributed by atoms with van der Waals surface area (Å²) in [5, 5.41) is 2.86. The number of carbonyl (C=O) groups is 3. The number of hydrogen-bond donors (Lipinski definition) is 1. The van der Waals surface area contributed by atoms with E-state index in [4.69, 9.17) is 0 Å². The molecule has 6 heteroatoms. The number of hydrogen-bond acceptors (Lipinski definition) is 3. The summed E-state index contributed by atoms with van der Waals surface area (Å²) in [5.74, 6) is -0.206. The van der Waals surface area contributed by atoms with Crippen molar-refractivity contribution in [2.75, 3.05) is 32.7 Å². The lowest BCUT2D eigenvalue weighted by Gasteiger charge is -2.40. The predicted molar refractivity (Wildman–Crippen MR) is 78.3 cm³/mol. The molecule has 0 aliphatic carbocycles. The lowest BCUT2D eigenvalue weighted by molar-refractivity contribution is -0.140. The Morgan fingerprint density at radius 1 is 1.52 bits per heavy atom. The standard InChI is InChI=1S/C15H23N3O3/c1-3-13(20)17(4-2)9-14(21)18-7-5-6-15(11-18)8-12(19)16-10-15/h3H,1,4-11H2,2H3,(H,16,19). The van der Waals surface area contributed by atoms with Crippen LogP contribution in [0.3, 0.4) is 0 Å². The van der Waals surface area contributed by atoms with Crippen LogP contribution in [0.4, 0.5) is 0 Å². The Balaban J connectivity index is 1.97. The van der Waals surface area contributed by atoms with Gasteiger partial charge in [0.2, 0.25) is 17.7 Å². The highest BCUT2D eigenvalue weighted by atomic mass is 16.2. The van der Waals surface area contributed by atoms with Gasteiger partial charge in [0.25, 0.3) is 0 Å². The van der Waals surface area contributed by atoms with Crippen molar-refractivity contribution in [1.82, 2.24) is 15.1 Å². The molecule has 0 aromatic rings. The fourth-order valence-corrected chi connectivity index (χ4v) is 3.20. The van der Waals surface area contributed by atoms with E-state index in [0.717, 1.165) is 12.8 Å². The fourth-order valence-electron chi connectivity index (χ4n) is 3.20. The SMILES string of the molecule is C=CC(=O)N(CC)CC(=O)N1CCCC2(CNC(=O)C2)C1. The van der Waals surface area contributed by atoms with E-state index in [1.54, 1.807) is 4.90 Å². The number of nitrogens with zero attached hydrogens (tertiary/aromatic N) is 2. The van der Waals surface area contributed by atoms with Crippen molar-refractivity contribution in [3.8, 4) is 0 Å². The maximum absolute atomic E-state index is 12.4. The molecule has 1 unspecified atom stereocenters. The van der Waals surface area contributed by atoms with Crippen molar-refractivity contribution in [1.29, 1.82) is 0 Å². The molecule has 0 saturated carbocycles. The van der Waals surface area contributed by atoms with Crippen LogP contribution >= 0.6 is 0 Å². The van der Waals surface area contributed by atoms with E-state index in [0.29, 0.717) is 32.6 Å². The molecule has 0 aromatic heterocycles. The maximum Gasteiger partial charge on any atom is 0.246 e. The molecule has 1 N–H and O–H groups in total. The molecule has 2 aliphatic rings. The van der Waals surface area contributed by atoms with Gasteiger partial charge in [-0.15, -0.1) is 0 Å². The quantitative estimate of drug-likeness (QED) is 0.750. The monoisotopic (exact) mass is 293 g/mol. The maximum atomic E-state index is 12.4. The molecule has 2 heterocycles. The van der Waals surface area contributed by atoms with Gasteiger partial charge in [0.1, 0.15) is 0 Å². The van der Waals surface area contributed by atoms with Gasteiger partial charge in [-0.3, -0.25) is 14.4 Å². The van der Waals surface area contributed by atoms with Crippen molar-refractivity contribution in [2.24, 2.45) is 5.41 Å². The summed E-state index contributed by atoms with van der Waals surface area (Å²) in [6.45, 7) is 7.81. The Bertz CT molecular complexity index is 463. The van der Waals surface area contributed by atoms with Crippen LogP contribution in [0.1, 0.15) is 26.2 Å². The zero-order valence-corrected chi connectivity index (χ0v) is 12.6. The highest BCUT2D eigenvalue weighted by Gasteiger charge is 2.42. The Kier molecular flexibility index (Phi) is 4.65. The fraction of sp³-hybridized carbons (Fsp3) is 0.667. The second kappa shape index (κ2) is 6.28. The van der Waals surface area contributed by atoms with Crippen molar-refractivity contribution in [2.45, 2.75) is 26.2 Å².